The van der Waals surface area contributed by atoms with Gasteiger partial charge in [-0.2, -0.15) is 0 Å². The average molecular weight is 722 g/mol. The molecule has 4 heteroatoms. The Balaban J connectivity index is 3.41. The minimum Gasteiger partial charge on any atom is -0.394 e. The van der Waals surface area contributed by atoms with E-state index >= 15 is 0 Å². The summed E-state index contributed by atoms with van der Waals surface area (Å²) in [5.41, 5.74) is 0. The third-order valence-corrected chi connectivity index (χ3v) is 11.4. The molecule has 0 rings (SSSR count). The Kier molecular flexibility index (Phi) is 43.3. The lowest BCUT2D eigenvalue weighted by atomic mass is 10.0. The summed E-state index contributed by atoms with van der Waals surface area (Å²) < 4.78 is 0. The Morgan fingerprint density at radius 2 is 0.627 bits per heavy atom. The summed E-state index contributed by atoms with van der Waals surface area (Å²) >= 11 is 0. The second kappa shape index (κ2) is 43.8. The summed E-state index contributed by atoms with van der Waals surface area (Å²) in [5.74, 6) is -0.0249. The smallest absolute Gasteiger partial charge is 0.220 e. The van der Waals surface area contributed by atoms with E-state index in [0.717, 1.165) is 25.7 Å². The zero-order valence-electron chi connectivity index (χ0n) is 35.2. The summed E-state index contributed by atoms with van der Waals surface area (Å²) in [7, 11) is 0. The molecule has 4 nitrogen and oxygen atoms in total. The van der Waals surface area contributed by atoms with Crippen molar-refractivity contribution in [3.63, 3.8) is 0 Å². The van der Waals surface area contributed by atoms with Crippen molar-refractivity contribution in [1.82, 2.24) is 5.32 Å². The first-order valence-corrected chi connectivity index (χ1v) is 23.7. The molecule has 0 spiro atoms. The van der Waals surface area contributed by atoms with Gasteiger partial charge in [0.25, 0.3) is 0 Å². The van der Waals surface area contributed by atoms with Crippen molar-refractivity contribution in [2.24, 2.45) is 0 Å². The zero-order chi connectivity index (χ0) is 37.1. The number of unbranched alkanes of at least 4 members (excludes halogenated alkanes) is 37. The van der Waals surface area contributed by atoms with Gasteiger partial charge in [-0.05, 0) is 12.8 Å². The number of amides is 1. The molecule has 3 N–H and O–H groups in total. The number of nitrogens with one attached hydrogen (secondary N) is 1. The highest BCUT2D eigenvalue weighted by Crippen LogP contribution is 2.17. The van der Waals surface area contributed by atoms with Crippen molar-refractivity contribution in [3.05, 3.63) is 0 Å². The maximum absolute atomic E-state index is 12.4. The van der Waals surface area contributed by atoms with Crippen LogP contribution in [0.1, 0.15) is 277 Å². The SMILES string of the molecule is CCCCCCCCCCCCCCCCCCCCCCCCCCCC(=O)NC(CO)C(O)CCCCCCCCCCCCCCCC. The first-order chi connectivity index (χ1) is 25.2. The van der Waals surface area contributed by atoms with E-state index in [9.17, 15) is 15.0 Å². The fourth-order valence-corrected chi connectivity index (χ4v) is 7.72. The Hall–Kier alpha value is -0.610. The van der Waals surface area contributed by atoms with Crippen LogP contribution in [0.5, 0.6) is 0 Å². The van der Waals surface area contributed by atoms with Crippen LogP contribution in [-0.4, -0.2) is 34.9 Å². The Morgan fingerprint density at radius 1 is 0.392 bits per heavy atom. The van der Waals surface area contributed by atoms with Gasteiger partial charge in [-0.25, -0.2) is 0 Å². The second-order valence-corrected chi connectivity index (χ2v) is 16.5. The maximum Gasteiger partial charge on any atom is 0.220 e. The molecule has 0 bridgehead atoms. The van der Waals surface area contributed by atoms with E-state index in [4.69, 9.17) is 0 Å². The van der Waals surface area contributed by atoms with Crippen LogP contribution in [0.2, 0.25) is 0 Å². The molecule has 0 aliphatic heterocycles. The summed E-state index contributed by atoms with van der Waals surface area (Å²) in [6.07, 6.45) is 53.4. The second-order valence-electron chi connectivity index (χ2n) is 16.5. The van der Waals surface area contributed by atoms with E-state index in [-0.39, 0.29) is 12.5 Å². The van der Waals surface area contributed by atoms with Crippen molar-refractivity contribution in [1.29, 1.82) is 0 Å². The molecule has 0 fully saturated rings. The third kappa shape index (κ3) is 40.4. The normalized spacial score (nSPS) is 12.8. The fraction of sp³-hybridized carbons (Fsp3) is 0.979. The van der Waals surface area contributed by atoms with Crippen LogP contribution in [-0.2, 0) is 4.79 Å². The molecular formula is C47H95NO3. The van der Waals surface area contributed by atoms with Gasteiger partial charge in [0, 0.05) is 6.42 Å². The van der Waals surface area contributed by atoms with E-state index in [1.54, 1.807) is 0 Å². The highest BCUT2D eigenvalue weighted by Gasteiger charge is 2.20. The molecule has 0 aromatic heterocycles. The van der Waals surface area contributed by atoms with Gasteiger partial charge in [0.05, 0.1) is 18.8 Å². The van der Waals surface area contributed by atoms with Crippen LogP contribution in [0.25, 0.3) is 0 Å². The lowest BCUT2D eigenvalue weighted by Crippen LogP contribution is -2.45. The molecule has 0 aromatic rings. The summed E-state index contributed by atoms with van der Waals surface area (Å²) in [4.78, 5) is 12.4. The first-order valence-electron chi connectivity index (χ1n) is 23.7. The number of carbonyl (C=O) groups is 1. The van der Waals surface area contributed by atoms with E-state index in [0.29, 0.717) is 12.8 Å². The van der Waals surface area contributed by atoms with Crippen LogP contribution in [0, 0.1) is 0 Å². The van der Waals surface area contributed by atoms with Crippen molar-refractivity contribution in [2.75, 3.05) is 6.61 Å². The molecule has 51 heavy (non-hydrogen) atoms. The highest BCUT2D eigenvalue weighted by molar-refractivity contribution is 5.76. The number of rotatable bonds is 44. The van der Waals surface area contributed by atoms with E-state index < -0.39 is 12.1 Å². The molecule has 0 saturated heterocycles. The zero-order valence-corrected chi connectivity index (χ0v) is 35.2. The van der Waals surface area contributed by atoms with Gasteiger partial charge >= 0.3 is 0 Å². The number of hydrogen-bond donors (Lipinski definition) is 3. The average Bonchev–Trinajstić information content (AvgIpc) is 3.13. The fourth-order valence-electron chi connectivity index (χ4n) is 7.72. The molecule has 306 valence electrons. The van der Waals surface area contributed by atoms with E-state index in [2.05, 4.69) is 19.2 Å². The van der Waals surface area contributed by atoms with Crippen molar-refractivity contribution in [2.45, 2.75) is 289 Å². The van der Waals surface area contributed by atoms with Crippen LogP contribution in [0.15, 0.2) is 0 Å². The van der Waals surface area contributed by atoms with Gasteiger partial charge < -0.3 is 15.5 Å². The summed E-state index contributed by atoms with van der Waals surface area (Å²) in [6.45, 7) is 4.39. The molecular weight excluding hydrogens is 627 g/mol. The lowest BCUT2D eigenvalue weighted by molar-refractivity contribution is -0.123. The van der Waals surface area contributed by atoms with Crippen molar-refractivity contribution < 1.29 is 15.0 Å². The molecule has 0 radical (unpaired) electrons. The maximum atomic E-state index is 12.4. The van der Waals surface area contributed by atoms with E-state index in [1.807, 2.05) is 0 Å². The van der Waals surface area contributed by atoms with Crippen molar-refractivity contribution >= 4 is 5.91 Å². The molecule has 0 aliphatic carbocycles. The molecule has 0 saturated carbocycles. The predicted octanol–water partition coefficient (Wildman–Crippen LogP) is 14.9. The Bertz CT molecular complexity index is 655. The largest absolute Gasteiger partial charge is 0.394 e. The van der Waals surface area contributed by atoms with Gasteiger partial charge in [0.15, 0.2) is 0 Å². The summed E-state index contributed by atoms with van der Waals surface area (Å²) in [6, 6.07) is -0.529. The van der Waals surface area contributed by atoms with Crippen molar-refractivity contribution in [3.8, 4) is 0 Å². The van der Waals surface area contributed by atoms with Gasteiger partial charge in [0.1, 0.15) is 0 Å². The van der Waals surface area contributed by atoms with Gasteiger partial charge in [-0.15, -0.1) is 0 Å². The monoisotopic (exact) mass is 722 g/mol. The van der Waals surface area contributed by atoms with Crippen LogP contribution < -0.4 is 5.32 Å². The molecule has 2 unspecified atom stereocenters. The topological polar surface area (TPSA) is 69.6 Å². The number of carbonyl (C=O) groups excluding carboxylic acids is 1. The molecule has 0 aliphatic rings. The molecule has 1 amide bonds. The van der Waals surface area contributed by atoms with E-state index in [1.165, 1.54) is 225 Å². The number of aliphatic hydroxyl groups is 2. The molecule has 2 atom stereocenters. The van der Waals surface area contributed by atoms with Crippen LogP contribution in [0.4, 0.5) is 0 Å². The van der Waals surface area contributed by atoms with Crippen LogP contribution in [0.3, 0.4) is 0 Å². The quantitative estimate of drug-likeness (QED) is 0.0549. The standard InChI is InChI=1S/C47H95NO3/c1-3-5-7-9-11-13-15-17-19-20-21-22-23-24-25-26-27-28-29-31-33-35-37-39-41-43-47(51)48-45(44-49)46(50)42-40-38-36-34-32-30-18-16-14-12-10-8-6-4-2/h45-46,49-50H,3-44H2,1-2H3,(H,48,51). The predicted molar refractivity (Wildman–Crippen MR) is 226 cm³/mol. The Labute approximate surface area is 321 Å². The van der Waals surface area contributed by atoms with Gasteiger partial charge in [-0.3, -0.25) is 4.79 Å². The minimum absolute atomic E-state index is 0.0249. The first kappa shape index (κ1) is 50.4. The summed E-state index contributed by atoms with van der Waals surface area (Å²) in [5, 5.41) is 23.2. The van der Waals surface area contributed by atoms with Gasteiger partial charge in [0.2, 0.25) is 5.91 Å². The molecule has 0 aromatic carbocycles. The molecule has 0 heterocycles. The number of aliphatic hydroxyl groups excluding tert-OH is 2. The lowest BCUT2D eigenvalue weighted by Gasteiger charge is -2.22. The Morgan fingerprint density at radius 3 is 0.882 bits per heavy atom. The van der Waals surface area contributed by atoms with Crippen LogP contribution >= 0.6 is 0 Å². The number of hydrogen-bond acceptors (Lipinski definition) is 3. The van der Waals surface area contributed by atoms with Gasteiger partial charge in [-0.1, -0.05) is 258 Å². The third-order valence-electron chi connectivity index (χ3n) is 11.4. The minimum atomic E-state index is -0.652. The highest BCUT2D eigenvalue weighted by atomic mass is 16.3.